The van der Waals surface area contributed by atoms with Gasteiger partial charge in [-0.15, -0.1) is 37.3 Å². The first-order valence-electron chi connectivity index (χ1n) is 21.6. The first-order chi connectivity index (χ1) is 35.7. The van der Waals surface area contributed by atoms with Gasteiger partial charge in [0.1, 0.15) is 39.0 Å². The van der Waals surface area contributed by atoms with Crippen LogP contribution in [-0.2, 0) is 47.1 Å². The highest BCUT2D eigenvalue weighted by Crippen LogP contribution is 2.44. The Bertz CT molecular complexity index is 4320. The third-order valence-corrected chi connectivity index (χ3v) is 16.8. The van der Waals surface area contributed by atoms with E-state index in [-0.39, 0.29) is 113 Å². The number of azo groups is 3. The van der Waals surface area contributed by atoms with Crippen LogP contribution in [0.4, 0.5) is 33.6 Å². The van der Waals surface area contributed by atoms with Gasteiger partial charge in [0.05, 0.1) is 61.9 Å². The summed E-state index contributed by atoms with van der Waals surface area (Å²) >= 11 is 8.21. The van der Waals surface area contributed by atoms with Crippen LogP contribution in [0.5, 0.6) is 11.6 Å². The maximum absolute atomic E-state index is 12.5. The quantitative estimate of drug-likeness (QED) is 0.0190. The Labute approximate surface area is 444 Å². The van der Waals surface area contributed by atoms with E-state index in [1.54, 1.807) is 25.1 Å². The summed E-state index contributed by atoms with van der Waals surface area (Å²) in [5.74, 6) is -1.57. The van der Waals surface area contributed by atoms with Gasteiger partial charge in [0.25, 0.3) is 40.5 Å². The van der Waals surface area contributed by atoms with E-state index in [0.29, 0.717) is 21.5 Å². The molecule has 0 aliphatic carbocycles. The number of aromatic nitrogens is 3. The van der Waals surface area contributed by atoms with E-state index in [9.17, 15) is 67.4 Å². The monoisotopic (exact) mass is 1170 g/mol. The second kappa shape index (κ2) is 21.8. The van der Waals surface area contributed by atoms with Gasteiger partial charge < -0.3 is 14.9 Å². The van der Waals surface area contributed by atoms with Gasteiger partial charge in [-0.25, -0.2) is 9.97 Å². The SMILES string of the molecule is Cc1cc(N=Nc2c(C)c(C#N)c3nc4c(Cl)cccc4n3c2O)c(OCCCS(=O)(=O)O)cc1N=Nc1cc(CO)c(N=Nc2nc3c(S(=O)(=O)O)cc4ccc(S(=O)(=O)O)cc4c3s2)cc1SCCCS(=O)(=O)O. The molecule has 3 heterocycles. The van der Waals surface area contributed by atoms with Crippen LogP contribution in [0.15, 0.2) is 112 Å². The molecule has 5 aromatic carbocycles. The summed E-state index contributed by atoms with van der Waals surface area (Å²) in [4.78, 5) is 7.88. The van der Waals surface area contributed by atoms with Crippen molar-refractivity contribution in [3.05, 3.63) is 94.0 Å². The third kappa shape index (κ3) is 12.3. The lowest BCUT2D eigenvalue weighted by atomic mass is 10.1. The number of ether oxygens (including phenoxy) is 1. The first-order valence-corrected chi connectivity index (χ1v) is 29.9. The van der Waals surface area contributed by atoms with Crippen molar-refractivity contribution >= 4 is 146 Å². The normalized spacial score (nSPS) is 12.9. The van der Waals surface area contributed by atoms with Crippen LogP contribution >= 0.6 is 34.7 Å². The molecule has 0 spiro atoms. The minimum absolute atomic E-state index is 0.0188. The number of halogens is 1. The number of aliphatic hydroxyl groups excluding tert-OH is 1. The predicted octanol–water partition coefficient (Wildman–Crippen LogP) is 10.4. The summed E-state index contributed by atoms with van der Waals surface area (Å²) in [6.07, 6.45) is -0.193. The highest BCUT2D eigenvalue weighted by atomic mass is 35.5. The van der Waals surface area contributed by atoms with Crippen molar-refractivity contribution in [2.45, 2.75) is 48.0 Å². The fraction of sp³-hybridized carbons (Fsp3) is 0.205. The standard InChI is InChI=1S/C44H37ClN10O15S6/c1-22-14-32(51-53-38-23(2)28(20-46)42-47-39-29(45)6-3-7-34(39)55(42)43(38)57)35(70-10-4-12-73(58,59)60)18-30(22)49-52-33-15-25(21-56)31(19-36(33)71-11-5-13-74(61,62)63)50-54-44-48-40-37(76(67,68)69)16-24-8-9-26(75(64,65)66)17-27(24)41(40)72-44/h3,6-9,14-19,56-57H,4-5,10-13,21H2,1-2H3,(H,58,59,60)(H,61,62,63)(H,64,65,66)(H,67,68,69). The molecule has 0 aliphatic rings. The maximum atomic E-state index is 12.5. The molecular formula is C44H37ClN10O15S6. The number of imidazole rings is 1. The Morgan fingerprint density at radius 1 is 0.776 bits per heavy atom. The lowest BCUT2D eigenvalue weighted by Crippen LogP contribution is -2.08. The Morgan fingerprint density at radius 2 is 1.47 bits per heavy atom. The van der Waals surface area contributed by atoms with Gasteiger partial charge in [-0.3, -0.25) is 22.6 Å². The van der Waals surface area contributed by atoms with Crippen LogP contribution in [0, 0.1) is 25.2 Å². The number of thiazole rings is 1. The number of aliphatic hydroxyl groups is 1. The molecule has 32 heteroatoms. The molecule has 0 bridgehead atoms. The summed E-state index contributed by atoms with van der Waals surface area (Å²) in [7, 11) is -18.3. The average Bonchev–Trinajstić information content (AvgIpc) is 4.00. The Kier molecular flexibility index (Phi) is 15.9. The zero-order valence-electron chi connectivity index (χ0n) is 39.0. The van der Waals surface area contributed by atoms with E-state index >= 15 is 0 Å². The number of pyridine rings is 1. The average molecular weight is 1170 g/mol. The van der Waals surface area contributed by atoms with Gasteiger partial charge in [-0.1, -0.05) is 35.1 Å². The number of hydrogen-bond donors (Lipinski definition) is 6. The van der Waals surface area contributed by atoms with Crippen LogP contribution in [0.1, 0.15) is 35.1 Å². The Morgan fingerprint density at radius 3 is 2.16 bits per heavy atom. The zero-order chi connectivity index (χ0) is 55.1. The molecule has 0 saturated carbocycles. The van der Waals surface area contributed by atoms with Gasteiger partial charge >= 0.3 is 0 Å². The largest absolute Gasteiger partial charge is 0.493 e. The molecular weight excluding hydrogens is 1140 g/mol. The second-order valence-electron chi connectivity index (χ2n) is 16.3. The molecule has 6 N–H and O–H groups in total. The number of hydrogen-bond acceptors (Lipinski definition) is 22. The van der Waals surface area contributed by atoms with Crippen molar-refractivity contribution in [2.24, 2.45) is 30.7 Å². The summed E-state index contributed by atoms with van der Waals surface area (Å²) in [6.45, 7) is 2.24. The number of thioether (sulfide) groups is 1. The van der Waals surface area contributed by atoms with Crippen molar-refractivity contribution in [2.75, 3.05) is 23.9 Å². The van der Waals surface area contributed by atoms with Gasteiger partial charge in [-0.05, 0) is 91.9 Å². The van der Waals surface area contributed by atoms with Crippen LogP contribution in [0.25, 0.3) is 37.7 Å². The number of para-hydroxylation sites is 1. The minimum Gasteiger partial charge on any atom is -0.493 e. The number of nitriles is 1. The van der Waals surface area contributed by atoms with Crippen LogP contribution in [0.2, 0.25) is 5.02 Å². The smallest absolute Gasteiger partial charge is 0.296 e. The van der Waals surface area contributed by atoms with Gasteiger partial charge in [0, 0.05) is 27.5 Å². The number of rotatable bonds is 19. The van der Waals surface area contributed by atoms with Crippen LogP contribution < -0.4 is 4.74 Å². The summed E-state index contributed by atoms with van der Waals surface area (Å²) < 4.78 is 141. The zero-order valence-corrected chi connectivity index (χ0v) is 44.6. The minimum atomic E-state index is -4.90. The number of nitrogens with zero attached hydrogens (tertiary/aromatic N) is 10. The lowest BCUT2D eigenvalue weighted by molar-refractivity contribution is 0.282. The van der Waals surface area contributed by atoms with Crippen LogP contribution in [0.3, 0.4) is 0 Å². The van der Waals surface area contributed by atoms with E-state index < -0.39 is 74.3 Å². The van der Waals surface area contributed by atoms with Crippen molar-refractivity contribution < 1.29 is 66.8 Å². The molecule has 8 rings (SSSR count). The van der Waals surface area contributed by atoms with Crippen molar-refractivity contribution in [1.82, 2.24) is 14.4 Å². The molecule has 0 atom stereocenters. The second-order valence-corrected chi connectivity index (χ2v) is 24.8. The summed E-state index contributed by atoms with van der Waals surface area (Å²) in [5, 5.41) is 58.6. The Hall–Kier alpha value is -6.67. The molecule has 0 saturated heterocycles. The predicted molar refractivity (Wildman–Crippen MR) is 280 cm³/mol. The topological polar surface area (TPSA) is 395 Å². The van der Waals surface area contributed by atoms with E-state index in [1.807, 2.05) is 0 Å². The first kappa shape index (κ1) is 55.6. The Balaban J connectivity index is 1.18. The fourth-order valence-corrected chi connectivity index (χ4v) is 12.0. The number of benzene rings is 5. The van der Waals surface area contributed by atoms with Gasteiger partial charge in [0.15, 0.2) is 11.3 Å². The summed E-state index contributed by atoms with van der Waals surface area (Å²) in [5.41, 5.74) is 1.59. The third-order valence-electron chi connectivity index (χ3n) is 11.1. The molecule has 0 amide bonds. The molecule has 0 aliphatic heterocycles. The molecule has 8 aromatic rings. The molecule has 0 unspecified atom stereocenters. The van der Waals surface area contributed by atoms with E-state index in [1.165, 1.54) is 41.7 Å². The fourth-order valence-electron chi connectivity index (χ4n) is 7.52. The van der Waals surface area contributed by atoms with Crippen molar-refractivity contribution in [3.63, 3.8) is 0 Å². The van der Waals surface area contributed by atoms with E-state index in [4.69, 9.17) is 16.3 Å². The molecule has 3 aromatic heterocycles. The van der Waals surface area contributed by atoms with E-state index in [0.717, 1.165) is 41.3 Å². The van der Waals surface area contributed by atoms with Crippen molar-refractivity contribution in [3.8, 4) is 17.7 Å². The summed E-state index contributed by atoms with van der Waals surface area (Å²) in [6, 6.07) is 17.1. The number of aryl methyl sites for hydroxylation is 1. The number of aromatic hydroxyl groups is 1. The molecule has 76 heavy (non-hydrogen) atoms. The molecule has 396 valence electrons. The van der Waals surface area contributed by atoms with Gasteiger partial charge in [-0.2, -0.15) is 44.0 Å². The van der Waals surface area contributed by atoms with Crippen LogP contribution in [-0.4, -0.2) is 100 Å². The number of fused-ring (bicyclic) bond motifs is 6. The highest BCUT2D eigenvalue weighted by Gasteiger charge is 2.25. The highest BCUT2D eigenvalue weighted by molar-refractivity contribution is 7.99. The van der Waals surface area contributed by atoms with Gasteiger partial charge in [0.2, 0.25) is 11.0 Å². The van der Waals surface area contributed by atoms with Crippen molar-refractivity contribution in [1.29, 1.82) is 5.26 Å². The van der Waals surface area contributed by atoms with E-state index in [2.05, 4.69) is 46.7 Å². The molecule has 0 radical (unpaired) electrons. The molecule has 25 nitrogen and oxygen atoms in total. The lowest BCUT2D eigenvalue weighted by Gasteiger charge is -2.12. The molecule has 0 fully saturated rings. The maximum Gasteiger partial charge on any atom is 0.296 e.